The maximum atomic E-state index is 10.9. The van der Waals surface area contributed by atoms with Crippen molar-refractivity contribution < 1.29 is 19.4 Å². The van der Waals surface area contributed by atoms with Gasteiger partial charge in [0.05, 0.1) is 13.2 Å². The number of aliphatic carboxylic acids is 1. The van der Waals surface area contributed by atoms with Crippen LogP contribution in [0.4, 0.5) is 0 Å². The normalized spacial score (nSPS) is 30.1. The fourth-order valence-electron chi connectivity index (χ4n) is 1.78. The molecule has 2 rings (SSSR count). The highest BCUT2D eigenvalue weighted by Gasteiger charge is 2.66. The average Bonchev–Trinajstić information content (AvgIpc) is 2.72. The molecule has 0 amide bonds. The third-order valence-corrected chi connectivity index (χ3v) is 2.87. The van der Waals surface area contributed by atoms with Gasteiger partial charge in [-0.15, -0.1) is 0 Å². The van der Waals surface area contributed by atoms with Crippen molar-refractivity contribution in [3.63, 3.8) is 0 Å². The SMILES string of the molecule is CC1(C2(C(=O)O)CC2)OCCO1. The van der Waals surface area contributed by atoms with E-state index in [1.54, 1.807) is 6.92 Å². The molecule has 0 spiro atoms. The molecule has 0 bridgehead atoms. The highest BCUT2D eigenvalue weighted by Crippen LogP contribution is 2.57. The molecule has 4 nitrogen and oxygen atoms in total. The topological polar surface area (TPSA) is 55.8 Å². The fourth-order valence-corrected chi connectivity index (χ4v) is 1.78. The highest BCUT2D eigenvalue weighted by atomic mass is 16.7. The lowest BCUT2D eigenvalue weighted by Crippen LogP contribution is -2.42. The van der Waals surface area contributed by atoms with E-state index in [0.29, 0.717) is 26.1 Å². The van der Waals surface area contributed by atoms with Crippen molar-refractivity contribution in [3.05, 3.63) is 0 Å². The van der Waals surface area contributed by atoms with Crippen molar-refractivity contribution in [3.8, 4) is 0 Å². The number of carboxylic acids is 1. The van der Waals surface area contributed by atoms with Crippen LogP contribution in [0.25, 0.3) is 0 Å². The minimum absolute atomic E-state index is 0.505. The fraction of sp³-hybridized carbons (Fsp3) is 0.875. The van der Waals surface area contributed by atoms with Crippen LogP contribution in [0.5, 0.6) is 0 Å². The van der Waals surface area contributed by atoms with Gasteiger partial charge in [0.15, 0.2) is 5.79 Å². The van der Waals surface area contributed by atoms with Gasteiger partial charge in [-0.3, -0.25) is 4.79 Å². The van der Waals surface area contributed by atoms with Gasteiger partial charge < -0.3 is 14.6 Å². The Kier molecular flexibility index (Phi) is 1.47. The molecule has 0 unspecified atom stereocenters. The van der Waals surface area contributed by atoms with Gasteiger partial charge in [-0.2, -0.15) is 0 Å². The van der Waals surface area contributed by atoms with E-state index in [9.17, 15) is 4.79 Å². The van der Waals surface area contributed by atoms with E-state index in [-0.39, 0.29) is 0 Å². The smallest absolute Gasteiger partial charge is 0.315 e. The van der Waals surface area contributed by atoms with Gasteiger partial charge in [0, 0.05) is 0 Å². The second-order valence-corrected chi connectivity index (χ2v) is 3.53. The van der Waals surface area contributed by atoms with Gasteiger partial charge in [-0.25, -0.2) is 0 Å². The maximum Gasteiger partial charge on any atom is 0.315 e. The lowest BCUT2D eigenvalue weighted by Gasteiger charge is -2.28. The zero-order valence-corrected chi connectivity index (χ0v) is 7.00. The standard InChI is InChI=1S/C8H12O4/c1-7(11-4-5-12-7)8(2-3-8)6(9)10/h2-5H2,1H3,(H,9,10). The van der Waals surface area contributed by atoms with Crippen LogP contribution in [-0.2, 0) is 14.3 Å². The summed E-state index contributed by atoms with van der Waals surface area (Å²) in [5.74, 6) is -1.68. The van der Waals surface area contributed by atoms with Crippen LogP contribution in [0, 0.1) is 5.41 Å². The van der Waals surface area contributed by atoms with Crippen molar-refractivity contribution in [2.75, 3.05) is 13.2 Å². The molecule has 4 heteroatoms. The molecule has 1 heterocycles. The Bertz CT molecular complexity index is 213. The monoisotopic (exact) mass is 172 g/mol. The average molecular weight is 172 g/mol. The third-order valence-electron chi connectivity index (χ3n) is 2.87. The second-order valence-electron chi connectivity index (χ2n) is 3.53. The molecule has 68 valence electrons. The van der Waals surface area contributed by atoms with Crippen molar-refractivity contribution in [2.24, 2.45) is 5.41 Å². The molecule has 0 aromatic carbocycles. The molecule has 1 saturated carbocycles. The summed E-state index contributed by atoms with van der Waals surface area (Å²) in [5.41, 5.74) is -0.760. The lowest BCUT2D eigenvalue weighted by molar-refractivity contribution is -0.205. The Morgan fingerprint density at radius 1 is 1.33 bits per heavy atom. The molecule has 0 atom stereocenters. The van der Waals surface area contributed by atoms with Gasteiger partial charge in [-0.05, 0) is 19.8 Å². The van der Waals surface area contributed by atoms with E-state index in [1.807, 2.05) is 0 Å². The predicted molar refractivity (Wildman–Crippen MR) is 39.6 cm³/mol. The Labute approximate surface area is 70.5 Å². The van der Waals surface area contributed by atoms with Gasteiger partial charge in [0.1, 0.15) is 5.41 Å². The summed E-state index contributed by atoms with van der Waals surface area (Å²) >= 11 is 0. The largest absolute Gasteiger partial charge is 0.481 e. The van der Waals surface area contributed by atoms with Gasteiger partial charge in [-0.1, -0.05) is 0 Å². The minimum atomic E-state index is -0.876. The molecule has 2 aliphatic rings. The zero-order valence-electron chi connectivity index (χ0n) is 7.00. The summed E-state index contributed by atoms with van der Waals surface area (Å²) < 4.78 is 10.7. The number of rotatable bonds is 2. The summed E-state index contributed by atoms with van der Waals surface area (Å²) in [6.45, 7) is 2.73. The van der Waals surface area contributed by atoms with Gasteiger partial charge in [0.2, 0.25) is 0 Å². The Morgan fingerprint density at radius 2 is 1.83 bits per heavy atom. The summed E-state index contributed by atoms with van der Waals surface area (Å²) in [4.78, 5) is 10.9. The molecule has 12 heavy (non-hydrogen) atoms. The second kappa shape index (κ2) is 2.20. The Morgan fingerprint density at radius 3 is 2.17 bits per heavy atom. The number of hydrogen-bond acceptors (Lipinski definition) is 3. The molecule has 1 aliphatic carbocycles. The Hall–Kier alpha value is -0.610. The van der Waals surface area contributed by atoms with Crippen molar-refractivity contribution in [1.82, 2.24) is 0 Å². The molecule has 1 N–H and O–H groups in total. The van der Waals surface area contributed by atoms with E-state index in [2.05, 4.69) is 0 Å². The highest BCUT2D eigenvalue weighted by molar-refractivity contribution is 5.79. The van der Waals surface area contributed by atoms with E-state index >= 15 is 0 Å². The summed E-state index contributed by atoms with van der Waals surface area (Å²) in [7, 11) is 0. The number of carbonyl (C=O) groups is 1. The predicted octanol–water partition coefficient (Wildman–Crippen LogP) is 0.614. The summed E-state index contributed by atoms with van der Waals surface area (Å²) in [6, 6.07) is 0. The number of carboxylic acid groups (broad SMARTS) is 1. The van der Waals surface area contributed by atoms with Crippen LogP contribution in [-0.4, -0.2) is 30.1 Å². The molecular weight excluding hydrogens is 160 g/mol. The summed E-state index contributed by atoms with van der Waals surface area (Å²) in [6.07, 6.45) is 1.33. The molecule has 1 aliphatic heterocycles. The minimum Gasteiger partial charge on any atom is -0.481 e. The van der Waals surface area contributed by atoms with Gasteiger partial charge in [0.25, 0.3) is 0 Å². The maximum absolute atomic E-state index is 10.9. The van der Waals surface area contributed by atoms with E-state index < -0.39 is 17.2 Å². The lowest BCUT2D eigenvalue weighted by atomic mass is 9.97. The molecule has 2 fully saturated rings. The first-order valence-corrected chi connectivity index (χ1v) is 4.12. The van der Waals surface area contributed by atoms with Crippen LogP contribution >= 0.6 is 0 Å². The molecule has 1 saturated heterocycles. The first-order valence-electron chi connectivity index (χ1n) is 4.12. The van der Waals surface area contributed by atoms with Crippen molar-refractivity contribution in [2.45, 2.75) is 25.6 Å². The first-order chi connectivity index (χ1) is 5.61. The zero-order chi connectivity index (χ0) is 8.82. The number of hydrogen-bond donors (Lipinski definition) is 1. The molecule has 0 aromatic heterocycles. The van der Waals surface area contributed by atoms with Crippen molar-refractivity contribution >= 4 is 5.97 Å². The van der Waals surface area contributed by atoms with Crippen molar-refractivity contribution in [1.29, 1.82) is 0 Å². The van der Waals surface area contributed by atoms with Crippen LogP contribution < -0.4 is 0 Å². The van der Waals surface area contributed by atoms with Crippen LogP contribution in [0.2, 0.25) is 0 Å². The molecule has 0 aromatic rings. The molecular formula is C8H12O4. The first kappa shape index (κ1) is 8.01. The Balaban J connectivity index is 2.22. The molecule has 0 radical (unpaired) electrons. The van der Waals surface area contributed by atoms with Crippen LogP contribution in [0.3, 0.4) is 0 Å². The van der Waals surface area contributed by atoms with Crippen LogP contribution in [0.1, 0.15) is 19.8 Å². The van der Waals surface area contributed by atoms with Gasteiger partial charge >= 0.3 is 5.97 Å². The quantitative estimate of drug-likeness (QED) is 0.663. The van der Waals surface area contributed by atoms with E-state index in [1.165, 1.54) is 0 Å². The number of ether oxygens (including phenoxy) is 2. The third kappa shape index (κ3) is 0.820. The summed E-state index contributed by atoms with van der Waals surface area (Å²) in [5, 5.41) is 8.97. The van der Waals surface area contributed by atoms with E-state index in [4.69, 9.17) is 14.6 Å². The van der Waals surface area contributed by atoms with Crippen LogP contribution in [0.15, 0.2) is 0 Å². The van der Waals surface area contributed by atoms with E-state index in [0.717, 1.165) is 0 Å².